The van der Waals surface area contributed by atoms with E-state index in [0.29, 0.717) is 34.2 Å². The average molecular weight is 308 g/mol. The van der Waals surface area contributed by atoms with Gasteiger partial charge in [0.2, 0.25) is 11.8 Å². The number of hydrogen-bond acceptors (Lipinski definition) is 4. The summed E-state index contributed by atoms with van der Waals surface area (Å²) in [6.45, 7) is 0. The highest BCUT2D eigenvalue weighted by atomic mass is 16.2. The number of rotatable bonds is 4. The van der Waals surface area contributed by atoms with E-state index in [-0.39, 0.29) is 5.78 Å². The molecule has 0 saturated heterocycles. The van der Waals surface area contributed by atoms with Crippen LogP contribution in [0, 0.1) is 0 Å². The summed E-state index contributed by atoms with van der Waals surface area (Å²) in [6.07, 6.45) is 0.575. The first-order chi connectivity index (χ1) is 11.0. The molecule has 3 N–H and O–H groups in total. The number of ketones is 1. The SMILES string of the molecule is NC(=O)c1ccc(C(=O)c2ccc3c(c2)NC(=O)C3C=O)cc1. The Hall–Kier alpha value is -3.28. The van der Waals surface area contributed by atoms with Gasteiger partial charge in [0.1, 0.15) is 12.2 Å². The number of benzene rings is 2. The van der Waals surface area contributed by atoms with Crippen molar-refractivity contribution < 1.29 is 19.2 Å². The first kappa shape index (κ1) is 14.6. The van der Waals surface area contributed by atoms with Crippen molar-refractivity contribution in [2.45, 2.75) is 5.92 Å². The predicted molar refractivity (Wildman–Crippen MR) is 82.3 cm³/mol. The van der Waals surface area contributed by atoms with Crippen LogP contribution in [0.15, 0.2) is 42.5 Å². The first-order valence-corrected chi connectivity index (χ1v) is 6.86. The van der Waals surface area contributed by atoms with E-state index in [1.807, 2.05) is 0 Å². The van der Waals surface area contributed by atoms with Crippen molar-refractivity contribution in [1.29, 1.82) is 0 Å². The summed E-state index contributed by atoms with van der Waals surface area (Å²) in [5, 5.41) is 2.59. The fraction of sp³-hybridized carbons (Fsp3) is 0.0588. The van der Waals surface area contributed by atoms with Crippen molar-refractivity contribution in [2.24, 2.45) is 5.73 Å². The Kier molecular flexibility index (Phi) is 3.50. The minimum atomic E-state index is -0.830. The molecular weight excluding hydrogens is 296 g/mol. The minimum absolute atomic E-state index is 0.257. The Labute approximate surface area is 131 Å². The molecule has 6 heteroatoms. The molecule has 0 saturated carbocycles. The van der Waals surface area contributed by atoms with Gasteiger partial charge in [0.05, 0.1) is 0 Å². The molecule has 0 bridgehead atoms. The first-order valence-electron chi connectivity index (χ1n) is 6.86. The number of carbonyl (C=O) groups is 4. The molecule has 114 valence electrons. The highest BCUT2D eigenvalue weighted by molar-refractivity contribution is 6.14. The number of aldehydes is 1. The molecule has 2 amide bonds. The Morgan fingerprint density at radius 2 is 1.61 bits per heavy atom. The lowest BCUT2D eigenvalue weighted by Crippen LogP contribution is -2.12. The third-order valence-corrected chi connectivity index (χ3v) is 3.76. The second kappa shape index (κ2) is 5.49. The molecule has 23 heavy (non-hydrogen) atoms. The standard InChI is InChI=1S/C17H12N2O4/c18-16(22)10-3-1-9(2-4-10)15(21)11-5-6-12-13(8-20)17(23)19-14(12)7-11/h1-8,13H,(H2,18,22)(H,19,23). The second-order valence-electron chi connectivity index (χ2n) is 5.18. The monoisotopic (exact) mass is 308 g/mol. The van der Waals surface area contributed by atoms with E-state index in [9.17, 15) is 19.2 Å². The summed E-state index contributed by atoms with van der Waals surface area (Å²) in [5.41, 5.74) is 7.27. The molecule has 1 aliphatic rings. The third-order valence-electron chi connectivity index (χ3n) is 3.76. The van der Waals surface area contributed by atoms with Crippen molar-refractivity contribution in [3.8, 4) is 0 Å². The van der Waals surface area contributed by atoms with Crippen molar-refractivity contribution >= 4 is 29.6 Å². The van der Waals surface area contributed by atoms with E-state index >= 15 is 0 Å². The maximum Gasteiger partial charge on any atom is 0.248 e. The number of primary amides is 1. The Morgan fingerprint density at radius 3 is 2.22 bits per heavy atom. The summed E-state index contributed by atoms with van der Waals surface area (Å²) in [6, 6.07) is 10.7. The van der Waals surface area contributed by atoms with Gasteiger partial charge >= 0.3 is 0 Å². The fourth-order valence-corrected chi connectivity index (χ4v) is 2.52. The van der Waals surface area contributed by atoms with Gasteiger partial charge in [-0.25, -0.2) is 0 Å². The summed E-state index contributed by atoms with van der Waals surface area (Å²) in [4.78, 5) is 46.1. The van der Waals surface area contributed by atoms with E-state index < -0.39 is 17.7 Å². The lowest BCUT2D eigenvalue weighted by molar-refractivity contribution is -0.121. The maximum absolute atomic E-state index is 12.5. The average Bonchev–Trinajstić information content (AvgIpc) is 2.88. The van der Waals surface area contributed by atoms with E-state index in [0.717, 1.165) is 0 Å². The molecule has 0 fully saturated rings. The molecule has 0 radical (unpaired) electrons. The third kappa shape index (κ3) is 2.50. The maximum atomic E-state index is 12.5. The molecule has 3 rings (SSSR count). The van der Waals surface area contributed by atoms with E-state index in [4.69, 9.17) is 5.73 Å². The molecule has 2 aromatic carbocycles. The molecule has 0 aliphatic carbocycles. The smallest absolute Gasteiger partial charge is 0.248 e. The summed E-state index contributed by atoms with van der Waals surface area (Å²) < 4.78 is 0. The summed E-state index contributed by atoms with van der Waals surface area (Å²) >= 11 is 0. The summed E-state index contributed by atoms with van der Waals surface area (Å²) in [7, 11) is 0. The van der Waals surface area contributed by atoms with Crippen LogP contribution in [0.2, 0.25) is 0 Å². The number of amides is 2. The molecule has 6 nitrogen and oxygen atoms in total. The molecular formula is C17H12N2O4. The van der Waals surface area contributed by atoms with Crippen LogP contribution in [-0.2, 0) is 9.59 Å². The largest absolute Gasteiger partial charge is 0.366 e. The van der Waals surface area contributed by atoms with E-state index in [1.165, 1.54) is 24.3 Å². The van der Waals surface area contributed by atoms with Gasteiger partial charge in [-0.1, -0.05) is 24.3 Å². The van der Waals surface area contributed by atoms with Gasteiger partial charge in [0, 0.05) is 22.4 Å². The quantitative estimate of drug-likeness (QED) is 0.503. The predicted octanol–water partition coefficient (Wildman–Crippen LogP) is 1.25. The Morgan fingerprint density at radius 1 is 1.00 bits per heavy atom. The number of fused-ring (bicyclic) bond motifs is 1. The lowest BCUT2D eigenvalue weighted by Gasteiger charge is -2.05. The molecule has 0 aromatic heterocycles. The van der Waals surface area contributed by atoms with Crippen LogP contribution >= 0.6 is 0 Å². The fourth-order valence-electron chi connectivity index (χ4n) is 2.52. The topological polar surface area (TPSA) is 106 Å². The number of anilines is 1. The lowest BCUT2D eigenvalue weighted by atomic mass is 9.97. The zero-order chi connectivity index (χ0) is 16.6. The van der Waals surface area contributed by atoms with Crippen molar-refractivity contribution in [3.05, 3.63) is 64.7 Å². The molecule has 1 aliphatic heterocycles. The van der Waals surface area contributed by atoms with Gasteiger partial charge in [-0.05, 0) is 23.8 Å². The number of carbonyl (C=O) groups excluding carboxylic acids is 4. The number of hydrogen-bond donors (Lipinski definition) is 2. The second-order valence-corrected chi connectivity index (χ2v) is 5.18. The number of nitrogens with one attached hydrogen (secondary N) is 1. The zero-order valence-corrected chi connectivity index (χ0v) is 11.9. The molecule has 1 atom stereocenters. The molecule has 1 heterocycles. The van der Waals surface area contributed by atoms with Crippen LogP contribution in [-0.4, -0.2) is 23.9 Å². The van der Waals surface area contributed by atoms with Gasteiger partial charge in [-0.2, -0.15) is 0 Å². The van der Waals surface area contributed by atoms with Crippen molar-refractivity contribution in [2.75, 3.05) is 5.32 Å². The van der Waals surface area contributed by atoms with E-state index in [2.05, 4.69) is 5.32 Å². The Bertz CT molecular complexity index is 840. The summed E-state index contributed by atoms with van der Waals surface area (Å²) in [5.74, 6) is -2.05. The van der Waals surface area contributed by atoms with Gasteiger partial charge < -0.3 is 15.8 Å². The van der Waals surface area contributed by atoms with Gasteiger partial charge in [0.15, 0.2) is 5.78 Å². The normalized spacial score (nSPS) is 15.7. The molecule has 2 aromatic rings. The van der Waals surface area contributed by atoms with Crippen molar-refractivity contribution in [1.82, 2.24) is 0 Å². The zero-order valence-electron chi connectivity index (χ0n) is 11.9. The van der Waals surface area contributed by atoms with E-state index in [1.54, 1.807) is 18.2 Å². The van der Waals surface area contributed by atoms with Gasteiger partial charge in [-0.3, -0.25) is 14.4 Å². The van der Waals surface area contributed by atoms with Gasteiger partial charge in [0.25, 0.3) is 0 Å². The molecule has 0 spiro atoms. The highest BCUT2D eigenvalue weighted by Gasteiger charge is 2.30. The minimum Gasteiger partial charge on any atom is -0.366 e. The van der Waals surface area contributed by atoms with Crippen LogP contribution in [0.3, 0.4) is 0 Å². The van der Waals surface area contributed by atoms with Crippen LogP contribution < -0.4 is 11.1 Å². The van der Waals surface area contributed by atoms with Crippen molar-refractivity contribution in [3.63, 3.8) is 0 Å². The Balaban J connectivity index is 1.92. The van der Waals surface area contributed by atoms with Gasteiger partial charge in [-0.15, -0.1) is 0 Å². The van der Waals surface area contributed by atoms with Crippen LogP contribution in [0.25, 0.3) is 0 Å². The van der Waals surface area contributed by atoms with Crippen LogP contribution in [0.5, 0.6) is 0 Å². The van der Waals surface area contributed by atoms with Crippen LogP contribution in [0.1, 0.15) is 37.8 Å². The molecule has 1 unspecified atom stereocenters. The van der Waals surface area contributed by atoms with Crippen LogP contribution in [0.4, 0.5) is 5.69 Å². The highest BCUT2D eigenvalue weighted by Crippen LogP contribution is 2.32. The number of nitrogens with two attached hydrogens (primary N) is 1.